The summed E-state index contributed by atoms with van der Waals surface area (Å²) < 4.78 is 0. The molecule has 0 aliphatic carbocycles. The minimum Gasteiger partial charge on any atom is -0.508 e. The van der Waals surface area contributed by atoms with Gasteiger partial charge in [0.05, 0.1) is 12.1 Å². The summed E-state index contributed by atoms with van der Waals surface area (Å²) in [5.41, 5.74) is 0.983. The highest BCUT2D eigenvalue weighted by molar-refractivity contribution is 6.30. The molecule has 2 aromatic carbocycles. The first-order valence-electron chi connectivity index (χ1n) is 8.70. The van der Waals surface area contributed by atoms with E-state index in [9.17, 15) is 15.0 Å². The van der Waals surface area contributed by atoms with Crippen LogP contribution in [0.1, 0.15) is 18.4 Å². The van der Waals surface area contributed by atoms with Crippen LogP contribution < -0.4 is 5.32 Å². The van der Waals surface area contributed by atoms with Crippen LogP contribution in [0.15, 0.2) is 48.5 Å². The maximum atomic E-state index is 12.2. The number of halogens is 1. The Labute approximate surface area is 158 Å². The van der Waals surface area contributed by atoms with E-state index in [4.69, 9.17) is 11.6 Å². The highest BCUT2D eigenvalue weighted by Crippen LogP contribution is 2.27. The molecule has 1 amide bonds. The molecule has 6 heteroatoms. The third kappa shape index (κ3) is 5.21. The van der Waals surface area contributed by atoms with Crippen molar-refractivity contribution in [3.05, 3.63) is 59.1 Å². The number of carbonyl (C=O) groups excluding carboxylic acids is 1. The zero-order valence-corrected chi connectivity index (χ0v) is 15.2. The highest BCUT2D eigenvalue weighted by Gasteiger charge is 2.32. The van der Waals surface area contributed by atoms with Gasteiger partial charge in [-0.3, -0.25) is 9.69 Å². The predicted molar refractivity (Wildman–Crippen MR) is 103 cm³/mol. The molecule has 1 heterocycles. The van der Waals surface area contributed by atoms with E-state index in [2.05, 4.69) is 5.32 Å². The molecule has 1 aliphatic heterocycles. The molecule has 0 atom stereocenters. The van der Waals surface area contributed by atoms with Gasteiger partial charge in [0.25, 0.3) is 0 Å². The number of aliphatic hydroxyl groups is 1. The smallest absolute Gasteiger partial charge is 0.238 e. The number of hydrogen-bond acceptors (Lipinski definition) is 4. The molecule has 1 saturated heterocycles. The van der Waals surface area contributed by atoms with E-state index in [0.29, 0.717) is 43.1 Å². The summed E-state index contributed by atoms with van der Waals surface area (Å²) in [4.78, 5) is 14.2. The minimum atomic E-state index is -0.738. The average Bonchev–Trinajstić information content (AvgIpc) is 2.61. The Hall–Kier alpha value is -2.08. The van der Waals surface area contributed by atoms with Crippen LogP contribution in [-0.2, 0) is 11.2 Å². The van der Waals surface area contributed by atoms with Crippen LogP contribution in [0.4, 0.5) is 5.69 Å². The van der Waals surface area contributed by atoms with Crippen molar-refractivity contribution in [1.82, 2.24) is 4.90 Å². The van der Waals surface area contributed by atoms with Gasteiger partial charge in [0.15, 0.2) is 0 Å². The van der Waals surface area contributed by atoms with Crippen LogP contribution >= 0.6 is 11.6 Å². The fourth-order valence-corrected chi connectivity index (χ4v) is 3.36. The van der Waals surface area contributed by atoms with Crippen LogP contribution in [0.3, 0.4) is 0 Å². The number of piperidine rings is 1. The van der Waals surface area contributed by atoms with Crippen LogP contribution in [0, 0.1) is 0 Å². The molecule has 0 aromatic heterocycles. The summed E-state index contributed by atoms with van der Waals surface area (Å²) in [5.74, 6) is 0.0674. The van der Waals surface area contributed by atoms with E-state index in [-0.39, 0.29) is 18.2 Å². The van der Waals surface area contributed by atoms with Crippen molar-refractivity contribution in [3.63, 3.8) is 0 Å². The molecule has 3 N–H and O–H groups in total. The van der Waals surface area contributed by atoms with Crippen LogP contribution in [0.5, 0.6) is 5.75 Å². The van der Waals surface area contributed by atoms with Gasteiger partial charge in [-0.25, -0.2) is 0 Å². The molecule has 0 saturated carbocycles. The van der Waals surface area contributed by atoms with E-state index in [0.717, 1.165) is 5.56 Å². The van der Waals surface area contributed by atoms with Crippen molar-refractivity contribution in [2.24, 2.45) is 0 Å². The zero-order valence-electron chi connectivity index (χ0n) is 14.5. The van der Waals surface area contributed by atoms with E-state index in [1.54, 1.807) is 12.1 Å². The van der Waals surface area contributed by atoms with Crippen molar-refractivity contribution in [3.8, 4) is 5.75 Å². The summed E-state index contributed by atoms with van der Waals surface area (Å²) in [6.45, 7) is 1.64. The van der Waals surface area contributed by atoms with Gasteiger partial charge >= 0.3 is 0 Å². The number of phenolic OH excluding ortho intramolecular Hbond substituents is 1. The standard InChI is InChI=1S/C20H23ClN2O3/c21-16-3-1-15(2-4-16)13-20(26)9-11-23(12-10-20)14-19(25)22-17-5-7-18(24)8-6-17/h1-8,24,26H,9-14H2,(H,22,25). The summed E-state index contributed by atoms with van der Waals surface area (Å²) in [6, 6.07) is 13.9. The molecule has 3 rings (SSSR count). The third-order valence-corrected chi connectivity index (χ3v) is 5.00. The van der Waals surface area contributed by atoms with Gasteiger partial charge < -0.3 is 15.5 Å². The lowest BCUT2D eigenvalue weighted by Gasteiger charge is -2.38. The number of rotatable bonds is 5. The molecule has 138 valence electrons. The molecule has 0 unspecified atom stereocenters. The van der Waals surface area contributed by atoms with Crippen LogP contribution in [0.2, 0.25) is 5.02 Å². The molecule has 26 heavy (non-hydrogen) atoms. The number of hydrogen-bond donors (Lipinski definition) is 3. The van der Waals surface area contributed by atoms with Gasteiger partial charge in [0.1, 0.15) is 5.75 Å². The van der Waals surface area contributed by atoms with Gasteiger partial charge in [0.2, 0.25) is 5.91 Å². The van der Waals surface area contributed by atoms with Crippen molar-refractivity contribution >= 4 is 23.2 Å². The second kappa shape index (κ2) is 8.08. The number of carbonyl (C=O) groups is 1. The number of benzene rings is 2. The largest absolute Gasteiger partial charge is 0.508 e. The predicted octanol–water partition coefficient (Wildman–Crippen LogP) is 3.05. The van der Waals surface area contributed by atoms with Gasteiger partial charge in [-0.1, -0.05) is 23.7 Å². The topological polar surface area (TPSA) is 72.8 Å². The SMILES string of the molecule is O=C(CN1CCC(O)(Cc2ccc(Cl)cc2)CC1)Nc1ccc(O)cc1. The number of aromatic hydroxyl groups is 1. The van der Waals surface area contributed by atoms with E-state index in [1.165, 1.54) is 12.1 Å². The third-order valence-electron chi connectivity index (χ3n) is 4.75. The Morgan fingerprint density at radius 1 is 1.08 bits per heavy atom. The molecular weight excluding hydrogens is 352 g/mol. The van der Waals surface area contributed by atoms with Crippen LogP contribution in [0.25, 0.3) is 0 Å². The summed E-state index contributed by atoms with van der Waals surface area (Å²) >= 11 is 5.90. The molecule has 2 aromatic rings. The van der Waals surface area contributed by atoms with Crippen molar-refractivity contribution < 1.29 is 15.0 Å². The first-order valence-corrected chi connectivity index (χ1v) is 9.08. The Morgan fingerprint density at radius 2 is 1.69 bits per heavy atom. The second-order valence-corrected chi connectivity index (χ2v) is 7.34. The number of anilines is 1. The number of phenols is 1. The lowest BCUT2D eigenvalue weighted by atomic mass is 9.85. The maximum absolute atomic E-state index is 12.2. The Bertz CT molecular complexity index is 739. The summed E-state index contributed by atoms with van der Waals surface area (Å²) in [7, 11) is 0. The first kappa shape index (κ1) is 18.7. The second-order valence-electron chi connectivity index (χ2n) is 6.90. The fourth-order valence-electron chi connectivity index (χ4n) is 3.23. The Balaban J connectivity index is 1.47. The molecule has 1 aliphatic rings. The molecular formula is C20H23ClN2O3. The van der Waals surface area contributed by atoms with Gasteiger partial charge in [-0.15, -0.1) is 0 Å². The van der Waals surface area contributed by atoms with Crippen LogP contribution in [-0.4, -0.2) is 46.3 Å². The Kier molecular flexibility index (Phi) is 5.81. The minimum absolute atomic E-state index is 0.0983. The summed E-state index contributed by atoms with van der Waals surface area (Å²) in [5, 5.41) is 23.6. The molecule has 0 bridgehead atoms. The highest BCUT2D eigenvalue weighted by atomic mass is 35.5. The number of likely N-dealkylation sites (tertiary alicyclic amines) is 1. The average molecular weight is 375 g/mol. The summed E-state index contributed by atoms with van der Waals surface area (Å²) in [6.07, 6.45) is 1.85. The number of nitrogens with one attached hydrogen (secondary N) is 1. The first-order chi connectivity index (χ1) is 12.4. The molecule has 1 fully saturated rings. The monoisotopic (exact) mass is 374 g/mol. The maximum Gasteiger partial charge on any atom is 0.238 e. The van der Waals surface area contributed by atoms with Crippen molar-refractivity contribution in [1.29, 1.82) is 0 Å². The zero-order chi connectivity index (χ0) is 18.6. The van der Waals surface area contributed by atoms with E-state index < -0.39 is 5.60 Å². The van der Waals surface area contributed by atoms with E-state index in [1.807, 2.05) is 29.2 Å². The lowest BCUT2D eigenvalue weighted by molar-refractivity contribution is -0.118. The van der Waals surface area contributed by atoms with Gasteiger partial charge in [-0.05, 0) is 54.8 Å². The van der Waals surface area contributed by atoms with Crippen molar-refractivity contribution in [2.45, 2.75) is 24.9 Å². The normalized spacial score (nSPS) is 17.0. The van der Waals surface area contributed by atoms with E-state index >= 15 is 0 Å². The Morgan fingerprint density at radius 3 is 2.31 bits per heavy atom. The molecule has 5 nitrogen and oxygen atoms in total. The van der Waals surface area contributed by atoms with Crippen molar-refractivity contribution in [2.75, 3.05) is 25.0 Å². The molecule has 0 spiro atoms. The number of nitrogens with zero attached hydrogens (tertiary/aromatic N) is 1. The quantitative estimate of drug-likeness (QED) is 0.703. The van der Waals surface area contributed by atoms with Gasteiger partial charge in [0, 0.05) is 30.2 Å². The van der Waals surface area contributed by atoms with Gasteiger partial charge in [-0.2, -0.15) is 0 Å². The molecule has 0 radical (unpaired) electrons. The fraction of sp³-hybridized carbons (Fsp3) is 0.350. The number of amides is 1. The lowest BCUT2D eigenvalue weighted by Crippen LogP contribution is -2.47.